The molecule has 0 aliphatic carbocycles. The van der Waals surface area contributed by atoms with Crippen LogP contribution in [0, 0.1) is 16.9 Å². The molecular formula is C2H6N4O4S. The second-order valence-electron chi connectivity index (χ2n) is 1.06. The topological polar surface area (TPSA) is 163 Å². The van der Waals surface area contributed by atoms with E-state index in [4.69, 9.17) is 15.2 Å². The minimum atomic E-state index is -4.54. The van der Waals surface area contributed by atoms with Crippen LogP contribution in [0.15, 0.2) is 0 Å². The van der Waals surface area contributed by atoms with Crippen LogP contribution in [0.4, 0.5) is 0 Å². The van der Waals surface area contributed by atoms with E-state index in [0.717, 1.165) is 6.26 Å². The van der Waals surface area contributed by atoms with Gasteiger partial charge in [-0.1, -0.05) is 0 Å². The predicted octanol–water partition coefficient (Wildman–Crippen LogP) is -1.87. The molecule has 0 saturated heterocycles. The van der Waals surface area contributed by atoms with E-state index in [1.165, 1.54) is 0 Å². The molecule has 0 aromatic carbocycles. The van der Waals surface area contributed by atoms with Gasteiger partial charge in [-0.2, -0.15) is 8.42 Å². The second kappa shape index (κ2) is 5.27. The fourth-order valence-corrected chi connectivity index (χ4v) is 0.141. The van der Waals surface area contributed by atoms with Crippen molar-refractivity contribution in [2.45, 2.75) is 0 Å². The number of rotatable bonds is 1. The lowest BCUT2D eigenvalue weighted by Gasteiger charge is -1.80. The summed E-state index contributed by atoms with van der Waals surface area (Å²) in [5.74, 6) is -0.333. The average molecular weight is 182 g/mol. The molecule has 0 rings (SSSR count). The molecule has 11 heavy (non-hydrogen) atoms. The third kappa shape index (κ3) is 58.1. The van der Waals surface area contributed by atoms with Crippen LogP contribution >= 0.6 is 0 Å². The van der Waals surface area contributed by atoms with Gasteiger partial charge in [-0.15, -0.1) is 5.26 Å². The summed E-state index contributed by atoms with van der Waals surface area (Å²) in [6.45, 7) is 0. The maximum atomic E-state index is 9.34. The second-order valence-corrected chi connectivity index (χ2v) is 2.08. The van der Waals surface area contributed by atoms with Gasteiger partial charge in [0, 0.05) is 0 Å². The van der Waals surface area contributed by atoms with E-state index in [0.29, 0.717) is 0 Å². The SMILES string of the molecule is N#COS(=O)(=O)O.N=C(N)N. The Balaban J connectivity index is 0. The molecule has 64 valence electrons. The van der Waals surface area contributed by atoms with Gasteiger partial charge in [0.1, 0.15) is 0 Å². The lowest BCUT2D eigenvalue weighted by molar-refractivity contribution is 0.367. The third-order valence-electron chi connectivity index (χ3n) is 0.143. The fraction of sp³-hybridized carbons (Fsp3) is 0. The summed E-state index contributed by atoms with van der Waals surface area (Å²) < 4.78 is 29.3. The van der Waals surface area contributed by atoms with Crippen LogP contribution in [0.2, 0.25) is 0 Å². The molecule has 0 radical (unpaired) electrons. The minimum Gasteiger partial charge on any atom is -0.370 e. The van der Waals surface area contributed by atoms with E-state index in [1.54, 1.807) is 0 Å². The van der Waals surface area contributed by atoms with Crippen molar-refractivity contribution in [3.8, 4) is 6.26 Å². The number of nitrogens with one attached hydrogen (secondary N) is 1. The van der Waals surface area contributed by atoms with Gasteiger partial charge in [0.15, 0.2) is 5.96 Å². The van der Waals surface area contributed by atoms with Gasteiger partial charge in [0.2, 0.25) is 0 Å². The van der Waals surface area contributed by atoms with Crippen LogP contribution in [0.1, 0.15) is 0 Å². The Morgan fingerprint density at radius 1 is 1.64 bits per heavy atom. The van der Waals surface area contributed by atoms with E-state index in [2.05, 4.69) is 15.7 Å². The molecule has 0 fully saturated rings. The first kappa shape index (κ1) is 12.2. The number of nitriles is 1. The molecule has 0 unspecified atom stereocenters. The van der Waals surface area contributed by atoms with E-state index >= 15 is 0 Å². The van der Waals surface area contributed by atoms with Crippen molar-refractivity contribution in [2.75, 3.05) is 0 Å². The normalized spacial score (nSPS) is 8.36. The summed E-state index contributed by atoms with van der Waals surface area (Å²) in [5, 5.41) is 13.4. The van der Waals surface area contributed by atoms with Crippen molar-refractivity contribution in [1.29, 1.82) is 10.7 Å². The van der Waals surface area contributed by atoms with Crippen LogP contribution in [0.5, 0.6) is 0 Å². The van der Waals surface area contributed by atoms with Gasteiger partial charge in [-0.05, 0) is 0 Å². The number of nitrogens with zero attached hydrogens (tertiary/aromatic N) is 1. The zero-order valence-electron chi connectivity index (χ0n) is 5.18. The first-order valence-electron chi connectivity index (χ1n) is 1.94. The van der Waals surface area contributed by atoms with Crippen molar-refractivity contribution in [2.24, 2.45) is 11.5 Å². The van der Waals surface area contributed by atoms with Gasteiger partial charge >= 0.3 is 16.7 Å². The highest BCUT2D eigenvalue weighted by Gasteiger charge is 1.99. The smallest absolute Gasteiger partial charge is 0.370 e. The Morgan fingerprint density at radius 3 is 1.91 bits per heavy atom. The standard InChI is InChI=1S/CH5N3.CHNO4S/c2-1(3)4;2-1-6-7(3,4)5/h(H5,2,3,4);(H,3,4,5). The highest BCUT2D eigenvalue weighted by Crippen LogP contribution is 1.78. The van der Waals surface area contributed by atoms with Gasteiger partial charge in [0.05, 0.1) is 0 Å². The Bertz CT molecular complexity index is 246. The number of guanidine groups is 1. The van der Waals surface area contributed by atoms with Gasteiger partial charge in [0.25, 0.3) is 0 Å². The number of hydrogen-bond donors (Lipinski definition) is 4. The molecule has 0 spiro atoms. The molecule has 0 aliphatic rings. The molecule has 0 bridgehead atoms. The van der Waals surface area contributed by atoms with E-state index in [-0.39, 0.29) is 5.96 Å². The molecule has 0 aromatic heterocycles. The minimum absolute atomic E-state index is 0.333. The van der Waals surface area contributed by atoms with Crippen molar-refractivity contribution in [3.05, 3.63) is 0 Å². The van der Waals surface area contributed by atoms with E-state index < -0.39 is 10.4 Å². The van der Waals surface area contributed by atoms with Crippen LogP contribution in [-0.2, 0) is 14.6 Å². The molecule has 0 amide bonds. The summed E-state index contributed by atoms with van der Waals surface area (Å²) in [7, 11) is -4.54. The van der Waals surface area contributed by atoms with Crippen molar-refractivity contribution < 1.29 is 17.2 Å². The van der Waals surface area contributed by atoms with Crippen LogP contribution in [0.25, 0.3) is 0 Å². The largest absolute Gasteiger partial charge is 0.456 e. The highest BCUT2D eigenvalue weighted by molar-refractivity contribution is 7.81. The van der Waals surface area contributed by atoms with E-state index in [9.17, 15) is 8.42 Å². The molecular weight excluding hydrogens is 176 g/mol. The zero-order valence-corrected chi connectivity index (χ0v) is 6.00. The molecule has 0 heterocycles. The molecule has 8 nitrogen and oxygen atoms in total. The van der Waals surface area contributed by atoms with Gasteiger partial charge in [-0.3, -0.25) is 14.1 Å². The lowest BCUT2D eigenvalue weighted by Crippen LogP contribution is -2.20. The molecule has 0 aromatic rings. The summed E-state index contributed by atoms with van der Waals surface area (Å²) in [4.78, 5) is 0. The first-order valence-corrected chi connectivity index (χ1v) is 3.30. The maximum absolute atomic E-state index is 9.34. The summed E-state index contributed by atoms with van der Waals surface area (Å²) in [5.41, 5.74) is 8.94. The van der Waals surface area contributed by atoms with Crippen molar-refractivity contribution in [1.82, 2.24) is 0 Å². The monoisotopic (exact) mass is 182 g/mol. The number of hydrogen-bond acceptors (Lipinski definition) is 5. The summed E-state index contributed by atoms with van der Waals surface area (Å²) >= 11 is 0. The summed E-state index contributed by atoms with van der Waals surface area (Å²) in [6.07, 6.45) is 0.770. The number of nitrogens with two attached hydrogens (primary N) is 2. The van der Waals surface area contributed by atoms with Crippen LogP contribution < -0.4 is 11.5 Å². The Hall–Kier alpha value is -1.53. The van der Waals surface area contributed by atoms with E-state index in [1.807, 2.05) is 0 Å². The molecule has 0 aliphatic heterocycles. The average Bonchev–Trinajstić information content (AvgIpc) is 1.58. The quantitative estimate of drug-likeness (QED) is 0.159. The Kier molecular flexibility index (Phi) is 5.83. The molecule has 6 N–H and O–H groups in total. The molecule has 0 saturated carbocycles. The van der Waals surface area contributed by atoms with Crippen LogP contribution in [-0.4, -0.2) is 18.9 Å². The molecule has 9 heteroatoms. The van der Waals surface area contributed by atoms with Crippen molar-refractivity contribution in [3.63, 3.8) is 0 Å². The Labute approximate surface area is 62.8 Å². The first-order chi connectivity index (χ1) is 4.79. The van der Waals surface area contributed by atoms with Gasteiger partial charge in [-0.25, -0.2) is 0 Å². The fourth-order valence-electron chi connectivity index (χ4n) is 0.0471. The summed E-state index contributed by atoms with van der Waals surface area (Å²) in [6, 6.07) is 0. The third-order valence-corrected chi connectivity index (χ3v) is 0.428. The lowest BCUT2D eigenvalue weighted by atomic mass is 11.1. The Morgan fingerprint density at radius 2 is 1.91 bits per heavy atom. The molecule has 0 atom stereocenters. The predicted molar refractivity (Wildman–Crippen MR) is 34.3 cm³/mol. The zero-order chi connectivity index (χ0) is 9.49. The van der Waals surface area contributed by atoms with Crippen molar-refractivity contribution >= 4 is 16.4 Å². The van der Waals surface area contributed by atoms with Crippen LogP contribution in [0.3, 0.4) is 0 Å². The highest BCUT2D eigenvalue weighted by atomic mass is 32.3. The maximum Gasteiger partial charge on any atom is 0.456 e. The van der Waals surface area contributed by atoms with Gasteiger partial charge < -0.3 is 11.5 Å².